The van der Waals surface area contributed by atoms with Crippen molar-refractivity contribution in [1.29, 1.82) is 0 Å². The fourth-order valence-electron chi connectivity index (χ4n) is 2.14. The highest BCUT2D eigenvalue weighted by Gasteiger charge is 2.13. The quantitative estimate of drug-likeness (QED) is 0.729. The van der Waals surface area contributed by atoms with Gasteiger partial charge in [0.15, 0.2) is 5.65 Å². The summed E-state index contributed by atoms with van der Waals surface area (Å²) in [6, 6.07) is 11.9. The Labute approximate surface area is 134 Å². The molecule has 0 spiro atoms. The number of aromatic nitrogens is 5. The molecule has 0 atom stereocenters. The van der Waals surface area contributed by atoms with Gasteiger partial charge in [0, 0.05) is 0 Å². The van der Waals surface area contributed by atoms with E-state index in [4.69, 9.17) is 4.74 Å². The summed E-state index contributed by atoms with van der Waals surface area (Å²) < 4.78 is 7.18. The van der Waals surface area contributed by atoms with Gasteiger partial charge in [-0.1, -0.05) is 32.9 Å². The number of hydrogen-bond acceptors (Lipinski definition) is 6. The average Bonchev–Trinajstić information content (AvgIpc) is 2.99. The van der Waals surface area contributed by atoms with Crippen LogP contribution in [0.1, 0.15) is 26.3 Å². The third kappa shape index (κ3) is 3.74. The Morgan fingerprint density at radius 3 is 2.87 bits per heavy atom. The molecule has 0 aliphatic carbocycles. The summed E-state index contributed by atoms with van der Waals surface area (Å²) in [5.74, 6) is 1.58. The van der Waals surface area contributed by atoms with E-state index in [0.717, 1.165) is 5.75 Å². The van der Waals surface area contributed by atoms with E-state index in [-0.39, 0.29) is 5.41 Å². The molecule has 1 aromatic carbocycles. The molecule has 2 heterocycles. The smallest absolute Gasteiger partial charge is 0.200 e. The van der Waals surface area contributed by atoms with Crippen LogP contribution in [0.5, 0.6) is 5.75 Å². The zero-order valence-corrected chi connectivity index (χ0v) is 13.5. The Morgan fingerprint density at radius 2 is 2.04 bits per heavy atom. The molecule has 0 saturated carbocycles. The third-order valence-corrected chi connectivity index (χ3v) is 3.45. The van der Waals surface area contributed by atoms with Crippen molar-refractivity contribution in [2.24, 2.45) is 0 Å². The van der Waals surface area contributed by atoms with Crippen LogP contribution in [0.15, 0.2) is 36.4 Å². The van der Waals surface area contributed by atoms with Gasteiger partial charge in [-0.05, 0) is 45.7 Å². The minimum atomic E-state index is 0.114. The topological polar surface area (TPSA) is 77.2 Å². The molecule has 0 aliphatic heterocycles. The Kier molecular flexibility index (Phi) is 4.10. The first kappa shape index (κ1) is 15.2. The van der Waals surface area contributed by atoms with E-state index < -0.39 is 0 Å². The van der Waals surface area contributed by atoms with Gasteiger partial charge in [-0.25, -0.2) is 0 Å². The van der Waals surface area contributed by atoms with Gasteiger partial charge < -0.3 is 10.1 Å². The van der Waals surface area contributed by atoms with Crippen LogP contribution in [-0.4, -0.2) is 38.4 Å². The second kappa shape index (κ2) is 6.20. The van der Waals surface area contributed by atoms with Gasteiger partial charge in [-0.2, -0.15) is 0 Å². The monoisotopic (exact) mass is 312 g/mol. The van der Waals surface area contributed by atoms with E-state index in [2.05, 4.69) is 58.8 Å². The SMILES string of the molecule is CC(C)(C)c1cccc(OCCNc2ccc3nnnn3n2)c1. The normalized spacial score (nSPS) is 11.6. The largest absolute Gasteiger partial charge is 0.492 e. The molecular weight excluding hydrogens is 292 g/mol. The number of fused-ring (bicyclic) bond motifs is 1. The van der Waals surface area contributed by atoms with E-state index in [0.29, 0.717) is 24.6 Å². The lowest BCUT2D eigenvalue weighted by Gasteiger charge is -2.19. The summed E-state index contributed by atoms with van der Waals surface area (Å²) in [4.78, 5) is 0. The number of rotatable bonds is 5. The van der Waals surface area contributed by atoms with Gasteiger partial charge in [0.1, 0.15) is 18.2 Å². The molecule has 3 rings (SSSR count). The van der Waals surface area contributed by atoms with Crippen molar-refractivity contribution in [3.05, 3.63) is 42.0 Å². The highest BCUT2D eigenvalue weighted by atomic mass is 16.5. The minimum Gasteiger partial charge on any atom is -0.492 e. The summed E-state index contributed by atoms with van der Waals surface area (Å²) in [6.07, 6.45) is 0. The lowest BCUT2D eigenvalue weighted by molar-refractivity contribution is 0.331. The maximum atomic E-state index is 5.80. The van der Waals surface area contributed by atoms with Crippen LogP contribution in [0.4, 0.5) is 5.82 Å². The Hall–Kier alpha value is -2.70. The summed E-state index contributed by atoms with van der Waals surface area (Å²) in [5, 5.41) is 18.6. The van der Waals surface area contributed by atoms with Crippen LogP contribution in [0.2, 0.25) is 0 Å². The first-order chi connectivity index (χ1) is 11.0. The van der Waals surface area contributed by atoms with E-state index in [1.165, 1.54) is 10.2 Å². The lowest BCUT2D eigenvalue weighted by atomic mass is 9.87. The van der Waals surface area contributed by atoms with Crippen molar-refractivity contribution in [2.45, 2.75) is 26.2 Å². The van der Waals surface area contributed by atoms with Crippen molar-refractivity contribution >= 4 is 11.5 Å². The predicted molar refractivity (Wildman–Crippen MR) is 87.7 cm³/mol. The molecule has 0 fully saturated rings. The zero-order chi connectivity index (χ0) is 16.3. The summed E-state index contributed by atoms with van der Waals surface area (Å²) in [5.41, 5.74) is 1.99. The fraction of sp³-hybridized carbons (Fsp3) is 0.375. The first-order valence-corrected chi connectivity index (χ1v) is 7.55. The van der Waals surface area contributed by atoms with Crippen molar-refractivity contribution in [3.63, 3.8) is 0 Å². The molecule has 0 radical (unpaired) electrons. The Morgan fingerprint density at radius 1 is 1.17 bits per heavy atom. The highest BCUT2D eigenvalue weighted by molar-refractivity contribution is 5.42. The maximum absolute atomic E-state index is 5.80. The van der Waals surface area contributed by atoms with E-state index in [1.807, 2.05) is 24.3 Å². The number of tetrazole rings is 1. The minimum absolute atomic E-state index is 0.114. The Bertz CT molecular complexity index is 792. The molecule has 0 saturated heterocycles. The van der Waals surface area contributed by atoms with Crippen LogP contribution >= 0.6 is 0 Å². The van der Waals surface area contributed by atoms with Gasteiger partial charge in [-0.15, -0.1) is 14.8 Å². The van der Waals surface area contributed by atoms with Crippen LogP contribution in [-0.2, 0) is 5.41 Å². The third-order valence-electron chi connectivity index (χ3n) is 3.45. The second-order valence-corrected chi connectivity index (χ2v) is 6.30. The van der Waals surface area contributed by atoms with Crippen LogP contribution in [0.25, 0.3) is 5.65 Å². The number of anilines is 1. The van der Waals surface area contributed by atoms with Gasteiger partial charge in [0.05, 0.1) is 6.54 Å². The van der Waals surface area contributed by atoms with E-state index in [1.54, 1.807) is 0 Å². The Balaban J connectivity index is 1.53. The summed E-state index contributed by atoms with van der Waals surface area (Å²) in [6.45, 7) is 7.75. The van der Waals surface area contributed by atoms with Gasteiger partial charge in [0.25, 0.3) is 0 Å². The molecule has 7 heteroatoms. The molecule has 0 aliphatic rings. The molecule has 1 N–H and O–H groups in total. The molecule has 0 amide bonds. The molecule has 120 valence electrons. The van der Waals surface area contributed by atoms with E-state index in [9.17, 15) is 0 Å². The van der Waals surface area contributed by atoms with Crippen molar-refractivity contribution in [1.82, 2.24) is 25.3 Å². The highest BCUT2D eigenvalue weighted by Crippen LogP contribution is 2.25. The maximum Gasteiger partial charge on any atom is 0.200 e. The lowest BCUT2D eigenvalue weighted by Crippen LogP contribution is -2.14. The van der Waals surface area contributed by atoms with Gasteiger partial charge in [-0.3, -0.25) is 0 Å². The summed E-state index contributed by atoms with van der Waals surface area (Å²) in [7, 11) is 0. The van der Waals surface area contributed by atoms with E-state index >= 15 is 0 Å². The number of ether oxygens (including phenoxy) is 1. The average molecular weight is 312 g/mol. The standard InChI is InChI=1S/C16H20N6O/c1-16(2,3)12-5-4-6-13(11-12)23-10-9-17-14-7-8-15-18-20-21-22(15)19-14/h4-8,11H,9-10H2,1-3H3,(H,17,19). The fourth-order valence-corrected chi connectivity index (χ4v) is 2.14. The summed E-state index contributed by atoms with van der Waals surface area (Å²) >= 11 is 0. The number of nitrogens with one attached hydrogen (secondary N) is 1. The molecule has 2 aromatic heterocycles. The van der Waals surface area contributed by atoms with Crippen molar-refractivity contribution < 1.29 is 4.74 Å². The molecule has 3 aromatic rings. The molecular formula is C16H20N6O. The number of nitrogens with zero attached hydrogens (tertiary/aromatic N) is 5. The van der Waals surface area contributed by atoms with Gasteiger partial charge in [0.2, 0.25) is 0 Å². The molecule has 0 bridgehead atoms. The van der Waals surface area contributed by atoms with Crippen LogP contribution in [0, 0.1) is 0 Å². The first-order valence-electron chi connectivity index (χ1n) is 7.55. The zero-order valence-electron chi connectivity index (χ0n) is 13.5. The molecule has 0 unspecified atom stereocenters. The number of hydrogen-bond donors (Lipinski definition) is 1. The predicted octanol–water partition coefficient (Wildman–Crippen LogP) is 2.31. The molecule has 23 heavy (non-hydrogen) atoms. The van der Waals surface area contributed by atoms with Crippen molar-refractivity contribution in [2.75, 3.05) is 18.5 Å². The van der Waals surface area contributed by atoms with Crippen LogP contribution < -0.4 is 10.1 Å². The van der Waals surface area contributed by atoms with Crippen molar-refractivity contribution in [3.8, 4) is 5.75 Å². The van der Waals surface area contributed by atoms with Gasteiger partial charge >= 0.3 is 0 Å². The van der Waals surface area contributed by atoms with Crippen LogP contribution in [0.3, 0.4) is 0 Å². The molecule has 7 nitrogen and oxygen atoms in total. The second-order valence-electron chi connectivity index (χ2n) is 6.30. The number of benzene rings is 1.